The Morgan fingerprint density at radius 2 is 1.53 bits per heavy atom. The predicted molar refractivity (Wildman–Crippen MR) is 123 cm³/mol. The highest BCUT2D eigenvalue weighted by molar-refractivity contribution is 6.99. The molecule has 2 heterocycles. The molecule has 5 heteroatoms. The first-order valence-corrected chi connectivity index (χ1v) is 12.9. The van der Waals surface area contributed by atoms with Gasteiger partial charge in [0.1, 0.15) is 6.17 Å². The van der Waals surface area contributed by atoms with Gasteiger partial charge in [0.05, 0.1) is 24.9 Å². The SMILES string of the molecule is CC1(N2CC[C@@H](O[Si](c3ccccc3)(c3ccccc3)C(C)(C)C)[C@@H](F)C2)COC1. The number of benzene rings is 2. The maximum Gasteiger partial charge on any atom is 0.261 e. The molecule has 2 fully saturated rings. The normalized spacial score (nSPS) is 25.0. The van der Waals surface area contributed by atoms with Crippen LogP contribution in [0.1, 0.15) is 34.1 Å². The number of likely N-dealkylation sites (tertiary alicyclic amines) is 1. The molecule has 0 aromatic heterocycles. The van der Waals surface area contributed by atoms with E-state index in [0.717, 1.165) is 6.54 Å². The quantitative estimate of drug-likeness (QED) is 0.678. The number of rotatable bonds is 5. The van der Waals surface area contributed by atoms with Gasteiger partial charge in [0.2, 0.25) is 0 Å². The molecular formula is C25H34FNO2Si. The average Bonchev–Trinajstić information content (AvgIpc) is 2.71. The van der Waals surface area contributed by atoms with E-state index in [1.807, 2.05) is 12.1 Å². The van der Waals surface area contributed by atoms with Gasteiger partial charge in [-0.1, -0.05) is 81.4 Å². The minimum atomic E-state index is -2.72. The van der Waals surface area contributed by atoms with Crippen LogP contribution in [0.5, 0.6) is 0 Å². The molecule has 0 unspecified atom stereocenters. The first-order valence-electron chi connectivity index (χ1n) is 11.0. The van der Waals surface area contributed by atoms with Crippen molar-refractivity contribution in [2.24, 2.45) is 0 Å². The Bertz CT molecular complexity index is 796. The molecule has 4 rings (SSSR count). The third-order valence-corrected chi connectivity index (χ3v) is 11.9. The van der Waals surface area contributed by atoms with E-state index in [4.69, 9.17) is 9.16 Å². The van der Waals surface area contributed by atoms with Crippen LogP contribution in [0, 0.1) is 0 Å². The van der Waals surface area contributed by atoms with Gasteiger partial charge < -0.3 is 9.16 Å². The molecule has 0 aliphatic carbocycles. The van der Waals surface area contributed by atoms with Gasteiger partial charge in [-0.15, -0.1) is 0 Å². The van der Waals surface area contributed by atoms with Crippen molar-refractivity contribution in [2.45, 2.75) is 57.0 Å². The zero-order chi connectivity index (χ0) is 21.4. The van der Waals surface area contributed by atoms with Crippen LogP contribution in [0.4, 0.5) is 4.39 Å². The summed E-state index contributed by atoms with van der Waals surface area (Å²) >= 11 is 0. The number of piperidine rings is 1. The molecule has 2 atom stereocenters. The zero-order valence-electron chi connectivity index (χ0n) is 18.6. The Kier molecular flexibility index (Phi) is 5.92. The fourth-order valence-electron chi connectivity index (χ4n) is 5.00. The van der Waals surface area contributed by atoms with E-state index in [1.54, 1.807) is 0 Å². The average molecular weight is 428 g/mol. The van der Waals surface area contributed by atoms with Crippen molar-refractivity contribution >= 4 is 18.7 Å². The van der Waals surface area contributed by atoms with E-state index in [0.29, 0.717) is 26.2 Å². The highest BCUT2D eigenvalue weighted by Crippen LogP contribution is 2.39. The summed E-state index contributed by atoms with van der Waals surface area (Å²) < 4.78 is 28.0. The van der Waals surface area contributed by atoms with Crippen LogP contribution in [-0.4, -0.2) is 57.3 Å². The van der Waals surface area contributed by atoms with Crippen molar-refractivity contribution in [2.75, 3.05) is 26.3 Å². The number of ether oxygens (including phenoxy) is 1. The minimum absolute atomic E-state index is 0.0211. The van der Waals surface area contributed by atoms with Crippen LogP contribution in [0.3, 0.4) is 0 Å². The lowest BCUT2D eigenvalue weighted by Gasteiger charge is -2.52. The Labute approximate surface area is 181 Å². The van der Waals surface area contributed by atoms with Crippen molar-refractivity contribution in [1.29, 1.82) is 0 Å². The molecule has 162 valence electrons. The molecule has 0 N–H and O–H groups in total. The molecule has 2 aliphatic heterocycles. The van der Waals surface area contributed by atoms with Crippen LogP contribution in [0.15, 0.2) is 60.7 Å². The molecule has 0 radical (unpaired) electrons. The van der Waals surface area contributed by atoms with Gasteiger partial charge in [-0.05, 0) is 28.8 Å². The summed E-state index contributed by atoms with van der Waals surface area (Å²) in [6, 6.07) is 21.0. The Hall–Kier alpha value is -1.53. The van der Waals surface area contributed by atoms with Crippen LogP contribution in [-0.2, 0) is 9.16 Å². The summed E-state index contributed by atoms with van der Waals surface area (Å²) in [4.78, 5) is 2.26. The number of hydrogen-bond donors (Lipinski definition) is 0. The van der Waals surface area contributed by atoms with Crippen molar-refractivity contribution in [1.82, 2.24) is 4.90 Å². The second kappa shape index (κ2) is 8.19. The summed E-state index contributed by atoms with van der Waals surface area (Å²) in [7, 11) is -2.72. The molecular weight excluding hydrogens is 393 g/mol. The van der Waals surface area contributed by atoms with Gasteiger partial charge in [-0.3, -0.25) is 4.90 Å². The van der Waals surface area contributed by atoms with E-state index >= 15 is 4.39 Å². The maximum absolute atomic E-state index is 15.6. The van der Waals surface area contributed by atoms with E-state index in [2.05, 4.69) is 81.1 Å². The molecule has 3 nitrogen and oxygen atoms in total. The van der Waals surface area contributed by atoms with Crippen LogP contribution >= 0.6 is 0 Å². The topological polar surface area (TPSA) is 21.7 Å². The molecule has 2 saturated heterocycles. The Morgan fingerprint density at radius 1 is 1.00 bits per heavy atom. The molecule has 2 aromatic carbocycles. The fraction of sp³-hybridized carbons (Fsp3) is 0.520. The fourth-order valence-corrected chi connectivity index (χ4v) is 9.74. The monoisotopic (exact) mass is 427 g/mol. The van der Waals surface area contributed by atoms with Gasteiger partial charge >= 0.3 is 0 Å². The van der Waals surface area contributed by atoms with Gasteiger partial charge in [-0.2, -0.15) is 0 Å². The van der Waals surface area contributed by atoms with Crippen LogP contribution < -0.4 is 10.4 Å². The Balaban J connectivity index is 1.69. The van der Waals surface area contributed by atoms with Crippen molar-refractivity contribution in [3.05, 3.63) is 60.7 Å². The van der Waals surface area contributed by atoms with Gasteiger partial charge in [0.25, 0.3) is 8.32 Å². The van der Waals surface area contributed by atoms with Gasteiger partial charge in [0, 0.05) is 13.1 Å². The lowest BCUT2D eigenvalue weighted by atomic mass is 9.93. The lowest BCUT2D eigenvalue weighted by molar-refractivity contribution is -0.150. The first-order chi connectivity index (χ1) is 14.3. The standard InChI is InChI=1S/C25H34FNO2Si/c1-24(2,3)30(20-11-7-5-8-12-20,21-13-9-6-10-14-21)29-23-15-16-27(17-22(23)26)25(4)18-28-19-25/h5-14,22-23H,15-19H2,1-4H3/t22-,23+/m0/s1. The van der Waals surface area contributed by atoms with E-state index in [1.165, 1.54) is 10.4 Å². The van der Waals surface area contributed by atoms with E-state index < -0.39 is 20.6 Å². The van der Waals surface area contributed by atoms with Crippen molar-refractivity contribution < 1.29 is 13.6 Å². The summed E-state index contributed by atoms with van der Waals surface area (Å²) in [6.07, 6.45) is -0.684. The maximum atomic E-state index is 15.6. The van der Waals surface area contributed by atoms with E-state index in [-0.39, 0.29) is 10.6 Å². The smallest absolute Gasteiger partial charge is 0.261 e. The number of nitrogens with zero attached hydrogens (tertiary/aromatic N) is 1. The summed E-state index contributed by atoms with van der Waals surface area (Å²) in [5.74, 6) is 0. The van der Waals surface area contributed by atoms with Gasteiger partial charge in [0.15, 0.2) is 0 Å². The van der Waals surface area contributed by atoms with Crippen LogP contribution in [0.25, 0.3) is 0 Å². The lowest BCUT2D eigenvalue weighted by Crippen LogP contribution is -2.70. The zero-order valence-corrected chi connectivity index (χ0v) is 19.6. The number of hydrogen-bond acceptors (Lipinski definition) is 3. The number of alkyl halides is 1. The third kappa shape index (κ3) is 3.77. The molecule has 2 aliphatic rings. The summed E-state index contributed by atoms with van der Waals surface area (Å²) in [6.45, 7) is 11.6. The minimum Gasteiger partial charge on any atom is -0.401 e. The largest absolute Gasteiger partial charge is 0.401 e. The molecule has 30 heavy (non-hydrogen) atoms. The third-order valence-electron chi connectivity index (χ3n) is 6.82. The second-order valence-electron chi connectivity index (χ2n) is 10.1. The molecule has 0 bridgehead atoms. The predicted octanol–water partition coefficient (Wildman–Crippen LogP) is 3.76. The summed E-state index contributed by atoms with van der Waals surface area (Å²) in [5.41, 5.74) is -0.0211. The van der Waals surface area contributed by atoms with Crippen LogP contribution in [0.2, 0.25) is 5.04 Å². The van der Waals surface area contributed by atoms with Crippen molar-refractivity contribution in [3.63, 3.8) is 0 Å². The molecule has 0 spiro atoms. The highest BCUT2D eigenvalue weighted by Gasteiger charge is 2.53. The molecule has 0 amide bonds. The molecule has 2 aromatic rings. The first kappa shape index (κ1) is 21.7. The van der Waals surface area contributed by atoms with E-state index in [9.17, 15) is 0 Å². The Morgan fingerprint density at radius 3 is 1.93 bits per heavy atom. The van der Waals surface area contributed by atoms with Crippen molar-refractivity contribution in [3.8, 4) is 0 Å². The highest BCUT2D eigenvalue weighted by atomic mass is 28.4. The van der Waals surface area contributed by atoms with Gasteiger partial charge in [-0.25, -0.2) is 4.39 Å². The second-order valence-corrected chi connectivity index (χ2v) is 14.3. The number of halogens is 1. The summed E-state index contributed by atoms with van der Waals surface area (Å²) in [5, 5.41) is 2.27. The molecule has 0 saturated carbocycles.